The summed E-state index contributed by atoms with van der Waals surface area (Å²) < 4.78 is 14.8. The Morgan fingerprint density at radius 1 is 0.827 bits per heavy atom. The number of carbonyl (C=O) groups is 2. The largest absolute Gasteiger partial charge is 0.488 e. The maximum atomic E-state index is 13.5. The van der Waals surface area contributed by atoms with Crippen LogP contribution in [-0.4, -0.2) is 57.7 Å². The van der Waals surface area contributed by atoms with E-state index >= 15 is 0 Å². The third-order valence-electron chi connectivity index (χ3n) is 9.52. The number of likely N-dealkylation sites (tertiary alicyclic amines) is 1. The third kappa shape index (κ3) is 8.87. The van der Waals surface area contributed by atoms with E-state index in [1.54, 1.807) is 11.5 Å². The molecule has 2 amide bonds. The van der Waals surface area contributed by atoms with Gasteiger partial charge in [-0.2, -0.15) is 0 Å². The number of nitrogens with two attached hydrogens (primary N) is 1. The minimum atomic E-state index is -0.371. The zero-order valence-corrected chi connectivity index (χ0v) is 30.3. The molecule has 52 heavy (non-hydrogen) atoms. The summed E-state index contributed by atoms with van der Waals surface area (Å²) in [5, 5.41) is 11.9. The van der Waals surface area contributed by atoms with Gasteiger partial charge in [-0.3, -0.25) is 14.2 Å². The fraction of sp³-hybridized carbons (Fsp3) is 0.333. The molecule has 0 saturated carbocycles. The smallest absolute Gasteiger partial charge is 0.289 e. The van der Waals surface area contributed by atoms with Crippen molar-refractivity contribution in [1.29, 1.82) is 0 Å². The molecule has 0 radical (unpaired) electrons. The van der Waals surface area contributed by atoms with Crippen molar-refractivity contribution in [2.24, 2.45) is 11.7 Å². The van der Waals surface area contributed by atoms with E-state index in [1.165, 1.54) is 5.56 Å². The van der Waals surface area contributed by atoms with E-state index in [0.29, 0.717) is 49.4 Å². The molecule has 4 aromatic carbocycles. The maximum absolute atomic E-state index is 13.5. The monoisotopic (exact) mass is 700 g/mol. The first-order valence-electron chi connectivity index (χ1n) is 18.1. The van der Waals surface area contributed by atoms with Crippen LogP contribution in [0.2, 0.25) is 0 Å². The quantitative estimate of drug-likeness (QED) is 0.132. The summed E-state index contributed by atoms with van der Waals surface area (Å²) in [7, 11) is 0. The fourth-order valence-electron chi connectivity index (χ4n) is 6.60. The average Bonchev–Trinajstić information content (AvgIpc) is 3.61. The SMILES string of the molecule is CC(=O)N1CCC(Cc2ccc(-n3c(C(=O)NCCN)nnc3-c3cc(C(C)C)c(OCc4ccccc4)cc3OCc3ccccc3)cc2)CC1. The lowest BCUT2D eigenvalue weighted by molar-refractivity contribution is -0.130. The van der Waals surface area contributed by atoms with Crippen LogP contribution < -0.4 is 20.5 Å². The first-order chi connectivity index (χ1) is 25.3. The first-order valence-corrected chi connectivity index (χ1v) is 18.1. The van der Waals surface area contributed by atoms with Gasteiger partial charge in [0.1, 0.15) is 24.7 Å². The number of ether oxygens (including phenoxy) is 2. The Bertz CT molecular complexity index is 1940. The molecule has 0 bridgehead atoms. The molecule has 1 aromatic heterocycles. The van der Waals surface area contributed by atoms with E-state index < -0.39 is 0 Å². The normalized spacial score (nSPS) is 13.3. The number of aromatic nitrogens is 3. The number of rotatable bonds is 14. The molecule has 5 aromatic rings. The summed E-state index contributed by atoms with van der Waals surface area (Å²) in [4.78, 5) is 27.3. The highest BCUT2D eigenvalue weighted by molar-refractivity contribution is 5.92. The van der Waals surface area contributed by atoms with Gasteiger partial charge in [-0.15, -0.1) is 10.2 Å². The van der Waals surface area contributed by atoms with E-state index in [0.717, 1.165) is 60.5 Å². The Morgan fingerprint density at radius 3 is 2.02 bits per heavy atom. The molecule has 1 aliphatic rings. The van der Waals surface area contributed by atoms with E-state index in [2.05, 4.69) is 47.6 Å². The zero-order valence-electron chi connectivity index (χ0n) is 30.3. The van der Waals surface area contributed by atoms with Gasteiger partial charge in [-0.05, 0) is 71.6 Å². The number of amides is 2. The predicted molar refractivity (Wildman–Crippen MR) is 203 cm³/mol. The second-order valence-corrected chi connectivity index (χ2v) is 13.6. The lowest BCUT2D eigenvalue weighted by atomic mass is 9.90. The van der Waals surface area contributed by atoms with Gasteiger partial charge in [0.2, 0.25) is 11.7 Å². The van der Waals surface area contributed by atoms with Gasteiger partial charge in [0.05, 0.1) is 5.56 Å². The molecule has 270 valence electrons. The van der Waals surface area contributed by atoms with E-state index in [1.807, 2.05) is 83.8 Å². The van der Waals surface area contributed by atoms with Crippen LogP contribution in [0, 0.1) is 5.92 Å². The van der Waals surface area contributed by atoms with Crippen molar-refractivity contribution < 1.29 is 19.1 Å². The minimum absolute atomic E-state index is 0.109. The molecule has 0 atom stereocenters. The number of hydrogen-bond acceptors (Lipinski definition) is 7. The van der Waals surface area contributed by atoms with Gasteiger partial charge in [0, 0.05) is 44.9 Å². The van der Waals surface area contributed by atoms with Crippen molar-refractivity contribution in [2.45, 2.75) is 59.2 Å². The molecule has 0 aliphatic carbocycles. The molecule has 10 nitrogen and oxygen atoms in total. The van der Waals surface area contributed by atoms with Gasteiger partial charge < -0.3 is 25.4 Å². The summed E-state index contributed by atoms with van der Waals surface area (Å²) in [5.41, 5.74) is 11.4. The molecule has 1 saturated heterocycles. The molecule has 10 heteroatoms. The van der Waals surface area contributed by atoms with Crippen molar-refractivity contribution in [2.75, 3.05) is 26.2 Å². The lowest BCUT2D eigenvalue weighted by Crippen LogP contribution is -2.37. The first kappa shape index (κ1) is 36.3. The van der Waals surface area contributed by atoms with Crippen LogP contribution in [-0.2, 0) is 24.4 Å². The Hall–Kier alpha value is -5.48. The van der Waals surface area contributed by atoms with Gasteiger partial charge >= 0.3 is 0 Å². The molecular formula is C42H48N6O4. The van der Waals surface area contributed by atoms with Crippen LogP contribution in [0.15, 0.2) is 97.1 Å². The topological polar surface area (TPSA) is 125 Å². The van der Waals surface area contributed by atoms with Crippen LogP contribution in [0.5, 0.6) is 11.5 Å². The Balaban J connectivity index is 1.39. The highest BCUT2D eigenvalue weighted by Crippen LogP contribution is 2.40. The van der Waals surface area contributed by atoms with Crippen molar-refractivity contribution >= 4 is 11.8 Å². The molecule has 1 fully saturated rings. The molecule has 3 N–H and O–H groups in total. The van der Waals surface area contributed by atoms with Crippen LogP contribution >= 0.6 is 0 Å². The number of hydrogen-bond donors (Lipinski definition) is 2. The Kier molecular flexibility index (Phi) is 12.0. The van der Waals surface area contributed by atoms with E-state index in [-0.39, 0.29) is 23.6 Å². The number of benzene rings is 4. The van der Waals surface area contributed by atoms with Crippen LogP contribution in [0.1, 0.15) is 72.4 Å². The summed E-state index contributed by atoms with van der Waals surface area (Å²) in [6, 6.07) is 32.3. The van der Waals surface area contributed by atoms with Gasteiger partial charge in [-0.25, -0.2) is 0 Å². The lowest BCUT2D eigenvalue weighted by Gasteiger charge is -2.31. The fourth-order valence-corrected chi connectivity index (χ4v) is 6.60. The second-order valence-electron chi connectivity index (χ2n) is 13.6. The van der Waals surface area contributed by atoms with Gasteiger partial charge in [-0.1, -0.05) is 86.6 Å². The summed E-state index contributed by atoms with van der Waals surface area (Å²) in [6.07, 6.45) is 2.89. The molecular weight excluding hydrogens is 652 g/mol. The average molecular weight is 701 g/mol. The standard InChI is InChI=1S/C42H48N6O4/c1-29(2)36-25-37(39(52-28-34-12-8-5-9-13-34)26-38(36)51-27-33-10-6-4-7-11-33)40-45-46-41(42(50)44-21-20-43)48(40)35-16-14-31(15-17-35)24-32-18-22-47(23-19-32)30(3)49/h4-17,25-26,29,32H,18-24,27-28,43H2,1-3H3,(H,44,50). The van der Waals surface area contributed by atoms with E-state index in [4.69, 9.17) is 15.2 Å². The molecule has 6 rings (SSSR count). The van der Waals surface area contributed by atoms with Crippen molar-refractivity contribution in [3.05, 3.63) is 125 Å². The highest BCUT2D eigenvalue weighted by atomic mass is 16.5. The summed E-state index contributed by atoms with van der Waals surface area (Å²) in [6.45, 7) is 8.81. The number of nitrogens with zero attached hydrogens (tertiary/aromatic N) is 4. The highest BCUT2D eigenvalue weighted by Gasteiger charge is 2.26. The Labute approximate surface area is 306 Å². The molecule has 0 spiro atoms. The van der Waals surface area contributed by atoms with Crippen molar-refractivity contribution in [3.63, 3.8) is 0 Å². The molecule has 2 heterocycles. The maximum Gasteiger partial charge on any atom is 0.289 e. The summed E-state index contributed by atoms with van der Waals surface area (Å²) in [5.74, 6) is 2.29. The zero-order chi connectivity index (χ0) is 36.5. The number of carbonyl (C=O) groups excluding carboxylic acids is 2. The number of piperidine rings is 1. The van der Waals surface area contributed by atoms with Crippen LogP contribution in [0.4, 0.5) is 0 Å². The van der Waals surface area contributed by atoms with Crippen LogP contribution in [0.25, 0.3) is 17.1 Å². The van der Waals surface area contributed by atoms with Crippen molar-refractivity contribution in [3.8, 4) is 28.6 Å². The minimum Gasteiger partial charge on any atom is -0.488 e. The van der Waals surface area contributed by atoms with E-state index in [9.17, 15) is 9.59 Å². The predicted octanol–water partition coefficient (Wildman–Crippen LogP) is 6.71. The molecule has 1 aliphatic heterocycles. The van der Waals surface area contributed by atoms with Crippen LogP contribution in [0.3, 0.4) is 0 Å². The number of nitrogens with one attached hydrogen (secondary N) is 1. The van der Waals surface area contributed by atoms with Crippen molar-refractivity contribution in [1.82, 2.24) is 25.0 Å². The summed E-state index contributed by atoms with van der Waals surface area (Å²) >= 11 is 0. The molecule has 0 unspecified atom stereocenters. The van der Waals surface area contributed by atoms with Gasteiger partial charge in [0.15, 0.2) is 5.82 Å². The second kappa shape index (κ2) is 17.2. The third-order valence-corrected chi connectivity index (χ3v) is 9.52. The Morgan fingerprint density at radius 2 is 1.44 bits per heavy atom. The van der Waals surface area contributed by atoms with Gasteiger partial charge in [0.25, 0.3) is 5.91 Å².